The molecule has 9 heteroatoms. The second-order valence-corrected chi connectivity index (χ2v) is 9.50. The fourth-order valence-corrected chi connectivity index (χ4v) is 4.35. The molecule has 0 radical (unpaired) electrons. The quantitative estimate of drug-likeness (QED) is 0.643. The van der Waals surface area contributed by atoms with Crippen LogP contribution in [0.4, 0.5) is 4.79 Å². The van der Waals surface area contributed by atoms with Crippen LogP contribution in [0.15, 0.2) is 53.7 Å². The van der Waals surface area contributed by atoms with E-state index in [9.17, 15) is 13.2 Å². The molecule has 0 spiro atoms. The van der Waals surface area contributed by atoms with E-state index in [-0.39, 0.29) is 4.90 Å². The molecule has 0 aliphatic rings. The van der Waals surface area contributed by atoms with Gasteiger partial charge in [0.25, 0.3) is 10.0 Å². The lowest BCUT2D eigenvalue weighted by Gasteiger charge is -2.19. The standard InChI is InChI=1S/C21H25N3O5S/c1-21(2,3)29-20(25)23-12-10-15-14-24(19-18(15)9-6-11-22-19)30(26,27)17-8-5-7-16(13-17)28-4/h5-9,11,13-14H,10,12H2,1-4H3,(H,23,25). The molecule has 2 heterocycles. The first kappa shape index (κ1) is 21.6. The van der Waals surface area contributed by atoms with Crippen LogP contribution in [0.3, 0.4) is 0 Å². The minimum atomic E-state index is -3.88. The largest absolute Gasteiger partial charge is 0.497 e. The number of benzene rings is 1. The van der Waals surface area contributed by atoms with Crippen molar-refractivity contribution in [3.8, 4) is 5.75 Å². The zero-order chi connectivity index (χ0) is 21.9. The molecule has 2 aromatic heterocycles. The number of carbonyl (C=O) groups is 1. The lowest BCUT2D eigenvalue weighted by molar-refractivity contribution is 0.0528. The molecule has 0 bridgehead atoms. The summed E-state index contributed by atoms with van der Waals surface area (Å²) in [5.41, 5.74) is 0.489. The van der Waals surface area contributed by atoms with Gasteiger partial charge in [0.2, 0.25) is 0 Å². The van der Waals surface area contributed by atoms with Gasteiger partial charge >= 0.3 is 6.09 Å². The summed E-state index contributed by atoms with van der Waals surface area (Å²) in [5.74, 6) is 0.447. The average molecular weight is 432 g/mol. The number of rotatable bonds is 6. The van der Waals surface area contributed by atoms with Crippen molar-refractivity contribution in [1.82, 2.24) is 14.3 Å². The van der Waals surface area contributed by atoms with Crippen molar-refractivity contribution in [2.75, 3.05) is 13.7 Å². The first-order valence-electron chi connectivity index (χ1n) is 9.43. The molecule has 0 fully saturated rings. The van der Waals surface area contributed by atoms with Crippen LogP contribution in [-0.4, -0.2) is 42.7 Å². The highest BCUT2D eigenvalue weighted by atomic mass is 32.2. The van der Waals surface area contributed by atoms with Gasteiger partial charge in [-0.05, 0) is 57.0 Å². The Morgan fingerprint density at radius 1 is 1.20 bits per heavy atom. The molecule has 0 aliphatic heterocycles. The number of aromatic nitrogens is 2. The van der Waals surface area contributed by atoms with Crippen molar-refractivity contribution in [2.24, 2.45) is 0 Å². The first-order valence-corrected chi connectivity index (χ1v) is 10.9. The van der Waals surface area contributed by atoms with Gasteiger partial charge < -0.3 is 14.8 Å². The molecule has 160 valence electrons. The van der Waals surface area contributed by atoms with Crippen molar-refractivity contribution in [1.29, 1.82) is 0 Å². The monoisotopic (exact) mass is 431 g/mol. The second-order valence-electron chi connectivity index (χ2n) is 7.69. The first-order chi connectivity index (χ1) is 14.1. The Bertz CT molecular complexity index is 1160. The molecule has 1 N–H and O–H groups in total. The van der Waals surface area contributed by atoms with E-state index in [0.29, 0.717) is 29.7 Å². The van der Waals surface area contributed by atoms with Gasteiger partial charge in [-0.1, -0.05) is 6.07 Å². The summed E-state index contributed by atoms with van der Waals surface area (Å²) in [4.78, 5) is 16.2. The number of hydrogen-bond donors (Lipinski definition) is 1. The van der Waals surface area contributed by atoms with Gasteiger partial charge in [0.05, 0.1) is 12.0 Å². The summed E-state index contributed by atoms with van der Waals surface area (Å²) in [5, 5.41) is 3.39. The maximum atomic E-state index is 13.2. The van der Waals surface area contributed by atoms with Gasteiger partial charge in [-0.2, -0.15) is 0 Å². The molecule has 3 rings (SSSR count). The van der Waals surface area contributed by atoms with Crippen LogP contribution in [0.1, 0.15) is 26.3 Å². The minimum Gasteiger partial charge on any atom is -0.497 e. The third-order valence-electron chi connectivity index (χ3n) is 4.28. The van der Waals surface area contributed by atoms with Gasteiger partial charge in [-0.15, -0.1) is 0 Å². The van der Waals surface area contributed by atoms with Crippen molar-refractivity contribution in [3.05, 3.63) is 54.4 Å². The Morgan fingerprint density at radius 3 is 2.67 bits per heavy atom. The summed E-state index contributed by atoms with van der Waals surface area (Å²) < 4.78 is 38.0. The Balaban J connectivity index is 1.89. The molecule has 1 aromatic carbocycles. The number of hydrogen-bond acceptors (Lipinski definition) is 6. The van der Waals surface area contributed by atoms with E-state index < -0.39 is 21.7 Å². The molecular weight excluding hydrogens is 406 g/mol. The highest BCUT2D eigenvalue weighted by Crippen LogP contribution is 2.26. The van der Waals surface area contributed by atoms with E-state index in [4.69, 9.17) is 9.47 Å². The number of nitrogens with zero attached hydrogens (tertiary/aromatic N) is 2. The van der Waals surface area contributed by atoms with Gasteiger partial charge in [-0.3, -0.25) is 0 Å². The number of ether oxygens (including phenoxy) is 2. The van der Waals surface area contributed by atoms with Gasteiger partial charge in [0.1, 0.15) is 11.4 Å². The van der Waals surface area contributed by atoms with Gasteiger partial charge in [0, 0.05) is 30.4 Å². The van der Waals surface area contributed by atoms with Gasteiger partial charge in [-0.25, -0.2) is 22.2 Å². The smallest absolute Gasteiger partial charge is 0.407 e. The van der Waals surface area contributed by atoms with Crippen LogP contribution in [0, 0.1) is 0 Å². The van der Waals surface area contributed by atoms with Crippen molar-refractivity contribution < 1.29 is 22.7 Å². The zero-order valence-electron chi connectivity index (χ0n) is 17.4. The van der Waals surface area contributed by atoms with Gasteiger partial charge in [0.15, 0.2) is 5.65 Å². The molecular formula is C21H25N3O5S. The van der Waals surface area contributed by atoms with E-state index in [1.165, 1.54) is 23.2 Å². The third-order valence-corrected chi connectivity index (χ3v) is 5.92. The normalized spacial score (nSPS) is 12.0. The summed E-state index contributed by atoms with van der Waals surface area (Å²) in [6.07, 6.45) is 2.99. The number of nitrogens with one attached hydrogen (secondary N) is 1. The number of amides is 1. The van der Waals surface area contributed by atoms with E-state index in [1.54, 1.807) is 51.4 Å². The maximum Gasteiger partial charge on any atom is 0.407 e. The fourth-order valence-electron chi connectivity index (χ4n) is 2.97. The lowest BCUT2D eigenvalue weighted by Crippen LogP contribution is -2.33. The molecule has 0 unspecified atom stereocenters. The summed E-state index contributed by atoms with van der Waals surface area (Å²) in [6.45, 7) is 5.65. The average Bonchev–Trinajstić information content (AvgIpc) is 3.06. The topological polar surface area (TPSA) is 99.5 Å². The Morgan fingerprint density at radius 2 is 1.97 bits per heavy atom. The van der Waals surface area contributed by atoms with E-state index in [0.717, 1.165) is 5.56 Å². The third kappa shape index (κ3) is 4.73. The van der Waals surface area contributed by atoms with Crippen LogP contribution >= 0.6 is 0 Å². The molecule has 0 saturated carbocycles. The second kappa shape index (κ2) is 8.35. The number of fused-ring (bicyclic) bond motifs is 1. The number of carbonyl (C=O) groups excluding carboxylic acids is 1. The van der Waals surface area contributed by atoms with Crippen LogP contribution in [0.25, 0.3) is 11.0 Å². The molecule has 0 aliphatic carbocycles. The van der Waals surface area contributed by atoms with Crippen LogP contribution in [0.5, 0.6) is 5.75 Å². The summed E-state index contributed by atoms with van der Waals surface area (Å²) >= 11 is 0. The number of methoxy groups -OCH3 is 1. The highest BCUT2D eigenvalue weighted by Gasteiger charge is 2.23. The van der Waals surface area contributed by atoms with Crippen molar-refractivity contribution in [3.63, 3.8) is 0 Å². The van der Waals surface area contributed by atoms with E-state index in [2.05, 4.69) is 10.3 Å². The summed E-state index contributed by atoms with van der Waals surface area (Å²) in [7, 11) is -2.40. The molecule has 0 atom stereocenters. The number of pyridine rings is 1. The summed E-state index contributed by atoms with van der Waals surface area (Å²) in [6, 6.07) is 9.83. The minimum absolute atomic E-state index is 0.0998. The molecule has 3 aromatic rings. The van der Waals surface area contributed by atoms with Crippen molar-refractivity contribution >= 4 is 27.1 Å². The fraction of sp³-hybridized carbons (Fsp3) is 0.333. The van der Waals surface area contributed by atoms with E-state index >= 15 is 0 Å². The Kier molecular flexibility index (Phi) is 6.02. The van der Waals surface area contributed by atoms with Crippen LogP contribution in [-0.2, 0) is 21.2 Å². The molecule has 0 saturated heterocycles. The predicted octanol–water partition coefficient (Wildman–Crippen LogP) is 3.35. The van der Waals surface area contributed by atoms with Crippen LogP contribution < -0.4 is 10.1 Å². The van der Waals surface area contributed by atoms with Crippen molar-refractivity contribution in [2.45, 2.75) is 37.7 Å². The molecule has 30 heavy (non-hydrogen) atoms. The molecule has 8 nitrogen and oxygen atoms in total. The highest BCUT2D eigenvalue weighted by molar-refractivity contribution is 7.90. The lowest BCUT2D eigenvalue weighted by atomic mass is 10.1. The zero-order valence-corrected chi connectivity index (χ0v) is 18.2. The maximum absolute atomic E-state index is 13.2. The predicted molar refractivity (Wildman–Crippen MR) is 113 cm³/mol. The Labute approximate surface area is 175 Å². The van der Waals surface area contributed by atoms with Crippen LogP contribution in [0.2, 0.25) is 0 Å². The molecule has 1 amide bonds. The Hall–Kier alpha value is -3.07. The number of alkyl carbamates (subject to hydrolysis) is 1. The SMILES string of the molecule is COc1cccc(S(=O)(=O)n2cc(CCNC(=O)OC(C)(C)C)c3cccnc32)c1. The van der Waals surface area contributed by atoms with E-state index in [1.807, 2.05) is 6.07 Å².